The Bertz CT molecular complexity index is 129. The Morgan fingerprint density at radius 1 is 0.938 bits per heavy atom. The minimum atomic E-state index is 0.679. The molecule has 0 heterocycles. The van der Waals surface area contributed by atoms with E-state index < -0.39 is 0 Å². The van der Waals surface area contributed by atoms with Crippen LogP contribution in [-0.4, -0.2) is 37.6 Å². The summed E-state index contributed by atoms with van der Waals surface area (Å²) in [5.74, 6) is 0. The van der Waals surface area contributed by atoms with E-state index in [4.69, 9.17) is 0 Å². The Labute approximate surface area is 103 Å². The van der Waals surface area contributed by atoms with E-state index in [0.717, 1.165) is 0 Å². The molecule has 16 heavy (non-hydrogen) atoms. The Morgan fingerprint density at radius 2 is 1.50 bits per heavy atom. The predicted octanol–water partition coefficient (Wildman–Crippen LogP) is 3.28. The zero-order valence-electron chi connectivity index (χ0n) is 11.9. The first-order valence-corrected chi connectivity index (χ1v) is 7.18. The molecule has 0 aliphatic heterocycles. The molecule has 0 aromatic carbocycles. The van der Waals surface area contributed by atoms with Gasteiger partial charge in [-0.25, -0.2) is 0 Å². The summed E-state index contributed by atoms with van der Waals surface area (Å²) in [6, 6.07) is 0.679. The van der Waals surface area contributed by atoms with Crippen LogP contribution in [0.2, 0.25) is 0 Å². The number of rotatable bonds is 11. The molecular formula is C14H32N2. The zero-order chi connectivity index (χ0) is 12.2. The summed E-state index contributed by atoms with van der Waals surface area (Å²) in [5, 5.41) is 3.44. The van der Waals surface area contributed by atoms with Crippen LogP contribution in [0.5, 0.6) is 0 Å². The third kappa shape index (κ3) is 8.12. The minimum Gasteiger partial charge on any atom is -0.316 e. The first-order valence-electron chi connectivity index (χ1n) is 7.18. The van der Waals surface area contributed by atoms with Gasteiger partial charge in [0.25, 0.3) is 0 Å². The number of nitrogens with zero attached hydrogens (tertiary/aromatic N) is 1. The summed E-state index contributed by atoms with van der Waals surface area (Å²) in [7, 11) is 2.10. The number of likely N-dealkylation sites (N-methyl/N-ethyl adjacent to an activating group) is 1. The molecule has 0 amide bonds. The molecule has 0 spiro atoms. The monoisotopic (exact) mass is 228 g/mol. The summed E-state index contributed by atoms with van der Waals surface area (Å²) >= 11 is 0. The van der Waals surface area contributed by atoms with Gasteiger partial charge in [-0.3, -0.25) is 0 Å². The van der Waals surface area contributed by atoms with Crippen LogP contribution in [0.1, 0.15) is 59.3 Å². The lowest BCUT2D eigenvalue weighted by atomic mass is 10.1. The minimum absolute atomic E-state index is 0.679. The van der Waals surface area contributed by atoms with Crippen LogP contribution in [0, 0.1) is 0 Å². The van der Waals surface area contributed by atoms with Crippen LogP contribution in [0.4, 0.5) is 0 Å². The quantitative estimate of drug-likeness (QED) is 0.584. The molecule has 1 atom stereocenters. The van der Waals surface area contributed by atoms with Crippen LogP contribution >= 0.6 is 0 Å². The van der Waals surface area contributed by atoms with Gasteiger partial charge in [0, 0.05) is 12.6 Å². The maximum atomic E-state index is 3.44. The second-order valence-electron chi connectivity index (χ2n) is 4.78. The Kier molecular flexibility index (Phi) is 11.3. The van der Waals surface area contributed by atoms with Crippen molar-refractivity contribution in [2.24, 2.45) is 0 Å². The highest BCUT2D eigenvalue weighted by molar-refractivity contribution is 4.70. The van der Waals surface area contributed by atoms with Crippen molar-refractivity contribution in [3.8, 4) is 0 Å². The lowest BCUT2D eigenvalue weighted by molar-refractivity contribution is 0.233. The highest BCUT2D eigenvalue weighted by Gasteiger charge is 2.10. The van der Waals surface area contributed by atoms with Crippen LogP contribution in [0.3, 0.4) is 0 Å². The average Bonchev–Trinajstić information content (AvgIpc) is 2.31. The molecule has 0 rings (SSSR count). The van der Waals surface area contributed by atoms with Crippen LogP contribution in [0.15, 0.2) is 0 Å². The molecule has 2 heteroatoms. The van der Waals surface area contributed by atoms with E-state index in [1.807, 2.05) is 0 Å². The number of hydrogen-bond acceptors (Lipinski definition) is 2. The summed E-state index contributed by atoms with van der Waals surface area (Å²) in [4.78, 5) is 2.64. The van der Waals surface area contributed by atoms with Gasteiger partial charge in [-0.15, -0.1) is 0 Å². The van der Waals surface area contributed by atoms with Gasteiger partial charge in [0.15, 0.2) is 0 Å². The fourth-order valence-electron chi connectivity index (χ4n) is 2.04. The third-order valence-corrected chi connectivity index (χ3v) is 3.18. The summed E-state index contributed by atoms with van der Waals surface area (Å²) in [6.07, 6.45) is 7.87. The zero-order valence-corrected chi connectivity index (χ0v) is 11.9. The topological polar surface area (TPSA) is 15.3 Å². The number of unbranched alkanes of at least 4 members (excludes halogenated alkanes) is 2. The molecule has 0 radical (unpaired) electrons. The molecule has 0 aliphatic carbocycles. The van der Waals surface area contributed by atoms with Crippen molar-refractivity contribution in [2.45, 2.75) is 65.3 Å². The van der Waals surface area contributed by atoms with Gasteiger partial charge < -0.3 is 10.2 Å². The summed E-state index contributed by atoms with van der Waals surface area (Å²) in [6.45, 7) is 10.6. The Balaban J connectivity index is 3.94. The number of nitrogens with one attached hydrogen (secondary N) is 1. The van der Waals surface area contributed by atoms with Gasteiger partial charge >= 0.3 is 0 Å². The second kappa shape index (κ2) is 11.4. The van der Waals surface area contributed by atoms with E-state index in [2.05, 4.69) is 38.0 Å². The first kappa shape index (κ1) is 15.9. The molecule has 1 unspecified atom stereocenters. The standard InChI is InChI=1S/C14H32N2/c1-5-8-11-16(12-9-6-2)13-14(15-4)10-7-3/h14-15H,5-13H2,1-4H3. The fourth-order valence-corrected chi connectivity index (χ4v) is 2.04. The van der Waals surface area contributed by atoms with Crippen molar-refractivity contribution in [3.63, 3.8) is 0 Å². The van der Waals surface area contributed by atoms with Gasteiger partial charge in [0.2, 0.25) is 0 Å². The van der Waals surface area contributed by atoms with E-state index in [9.17, 15) is 0 Å². The van der Waals surface area contributed by atoms with Gasteiger partial charge in [-0.2, -0.15) is 0 Å². The Morgan fingerprint density at radius 3 is 1.88 bits per heavy atom. The first-order chi connectivity index (χ1) is 7.78. The summed E-state index contributed by atoms with van der Waals surface area (Å²) < 4.78 is 0. The van der Waals surface area contributed by atoms with Crippen molar-refractivity contribution >= 4 is 0 Å². The van der Waals surface area contributed by atoms with Crippen LogP contribution < -0.4 is 5.32 Å². The van der Waals surface area contributed by atoms with E-state index in [1.165, 1.54) is 58.2 Å². The third-order valence-electron chi connectivity index (χ3n) is 3.18. The molecular weight excluding hydrogens is 196 g/mol. The SMILES string of the molecule is CCCCN(CCCC)CC(CCC)NC. The van der Waals surface area contributed by atoms with Crippen molar-refractivity contribution in [2.75, 3.05) is 26.7 Å². The average molecular weight is 228 g/mol. The molecule has 1 N–H and O–H groups in total. The molecule has 0 saturated heterocycles. The molecule has 0 aromatic rings. The summed E-state index contributed by atoms with van der Waals surface area (Å²) in [5.41, 5.74) is 0. The lowest BCUT2D eigenvalue weighted by Crippen LogP contribution is -2.40. The van der Waals surface area contributed by atoms with Gasteiger partial charge in [0.05, 0.1) is 0 Å². The smallest absolute Gasteiger partial charge is 0.0191 e. The van der Waals surface area contributed by atoms with Gasteiger partial charge in [-0.1, -0.05) is 40.0 Å². The van der Waals surface area contributed by atoms with Crippen molar-refractivity contribution in [1.82, 2.24) is 10.2 Å². The molecule has 2 nitrogen and oxygen atoms in total. The largest absolute Gasteiger partial charge is 0.316 e. The van der Waals surface area contributed by atoms with E-state index in [0.29, 0.717) is 6.04 Å². The molecule has 0 bridgehead atoms. The van der Waals surface area contributed by atoms with Crippen molar-refractivity contribution in [3.05, 3.63) is 0 Å². The molecule has 98 valence electrons. The maximum absolute atomic E-state index is 3.44. The fraction of sp³-hybridized carbons (Fsp3) is 1.00. The van der Waals surface area contributed by atoms with Gasteiger partial charge in [-0.05, 0) is 39.4 Å². The normalized spacial score (nSPS) is 13.3. The molecule has 0 saturated carbocycles. The number of hydrogen-bond donors (Lipinski definition) is 1. The Hall–Kier alpha value is -0.0800. The van der Waals surface area contributed by atoms with Crippen LogP contribution in [0.25, 0.3) is 0 Å². The predicted molar refractivity (Wildman–Crippen MR) is 74.0 cm³/mol. The highest BCUT2D eigenvalue weighted by Crippen LogP contribution is 2.04. The molecule has 0 aliphatic rings. The lowest BCUT2D eigenvalue weighted by Gasteiger charge is -2.27. The van der Waals surface area contributed by atoms with E-state index >= 15 is 0 Å². The van der Waals surface area contributed by atoms with E-state index in [1.54, 1.807) is 0 Å². The highest BCUT2D eigenvalue weighted by atomic mass is 15.1. The molecule has 0 aromatic heterocycles. The van der Waals surface area contributed by atoms with E-state index in [-0.39, 0.29) is 0 Å². The van der Waals surface area contributed by atoms with Gasteiger partial charge in [0.1, 0.15) is 0 Å². The van der Waals surface area contributed by atoms with Crippen LogP contribution in [-0.2, 0) is 0 Å². The second-order valence-corrected chi connectivity index (χ2v) is 4.78. The van der Waals surface area contributed by atoms with Crippen molar-refractivity contribution < 1.29 is 0 Å². The molecule has 0 fully saturated rings. The maximum Gasteiger partial charge on any atom is 0.0191 e. The van der Waals surface area contributed by atoms with Crippen molar-refractivity contribution in [1.29, 1.82) is 0 Å².